The first-order valence-electron chi connectivity index (χ1n) is 7.22. The lowest BCUT2D eigenvalue weighted by atomic mass is 9.85. The molecule has 0 aromatic heterocycles. The number of hydrogen-bond acceptors (Lipinski definition) is 2. The molecule has 2 nitrogen and oxygen atoms in total. The van der Waals surface area contributed by atoms with Crippen LogP contribution in [-0.2, 0) is 0 Å². The van der Waals surface area contributed by atoms with Gasteiger partial charge in [-0.1, -0.05) is 32.6 Å². The van der Waals surface area contributed by atoms with E-state index >= 15 is 0 Å². The van der Waals surface area contributed by atoms with Crippen LogP contribution < -0.4 is 5.73 Å². The van der Waals surface area contributed by atoms with Crippen molar-refractivity contribution in [1.29, 1.82) is 0 Å². The molecule has 0 amide bonds. The van der Waals surface area contributed by atoms with Crippen molar-refractivity contribution in [2.24, 2.45) is 11.7 Å². The largest absolute Gasteiger partial charge is 0.329 e. The van der Waals surface area contributed by atoms with E-state index in [0.717, 1.165) is 12.5 Å². The maximum absolute atomic E-state index is 6.14. The first-order chi connectivity index (χ1) is 7.77. The summed E-state index contributed by atoms with van der Waals surface area (Å²) in [5.41, 5.74) is 6.51. The third-order valence-corrected chi connectivity index (χ3v) is 4.74. The lowest BCUT2D eigenvalue weighted by molar-refractivity contribution is 0.0395. The lowest BCUT2D eigenvalue weighted by Crippen LogP contribution is -2.56. The Balaban J connectivity index is 2.05. The van der Waals surface area contributed by atoms with E-state index in [4.69, 9.17) is 5.73 Å². The third kappa shape index (κ3) is 2.60. The molecule has 1 heterocycles. The van der Waals surface area contributed by atoms with Gasteiger partial charge >= 0.3 is 0 Å². The van der Waals surface area contributed by atoms with Crippen LogP contribution >= 0.6 is 0 Å². The molecular weight excluding hydrogens is 196 g/mol. The van der Waals surface area contributed by atoms with Crippen molar-refractivity contribution in [3.8, 4) is 0 Å². The van der Waals surface area contributed by atoms with Crippen molar-refractivity contribution >= 4 is 0 Å². The number of nitrogens with two attached hydrogens (primary N) is 1. The molecule has 1 atom stereocenters. The van der Waals surface area contributed by atoms with Crippen molar-refractivity contribution in [2.45, 2.75) is 63.8 Å². The Morgan fingerprint density at radius 2 is 1.81 bits per heavy atom. The van der Waals surface area contributed by atoms with Gasteiger partial charge in [-0.05, 0) is 38.1 Å². The van der Waals surface area contributed by atoms with Crippen LogP contribution in [0.15, 0.2) is 0 Å². The minimum atomic E-state index is 0.366. The monoisotopic (exact) mass is 224 g/mol. The Labute approximate surface area is 101 Å². The summed E-state index contributed by atoms with van der Waals surface area (Å²) >= 11 is 0. The number of hydrogen-bond donors (Lipinski definition) is 1. The van der Waals surface area contributed by atoms with E-state index in [9.17, 15) is 0 Å². The Hall–Kier alpha value is -0.0800. The first-order valence-corrected chi connectivity index (χ1v) is 7.22. The predicted molar refractivity (Wildman–Crippen MR) is 69.5 cm³/mol. The van der Waals surface area contributed by atoms with Crippen LogP contribution in [0.5, 0.6) is 0 Å². The highest BCUT2D eigenvalue weighted by molar-refractivity contribution is 4.94. The molecule has 1 saturated heterocycles. The smallest absolute Gasteiger partial charge is 0.0331 e. The zero-order valence-corrected chi connectivity index (χ0v) is 10.9. The van der Waals surface area contributed by atoms with Crippen molar-refractivity contribution in [3.63, 3.8) is 0 Å². The standard InChI is InChI=1S/C14H28N2/c1-13-7-6-10-16(11-13)14(12-15)8-4-2-3-5-9-14/h13H,2-12,15H2,1H3. The van der Waals surface area contributed by atoms with Gasteiger partial charge in [0.2, 0.25) is 0 Å². The summed E-state index contributed by atoms with van der Waals surface area (Å²) in [6.45, 7) is 5.85. The SMILES string of the molecule is CC1CCCN(C2(CN)CCCCCC2)C1. The molecule has 2 heteroatoms. The van der Waals surface area contributed by atoms with Gasteiger partial charge in [-0.3, -0.25) is 4.90 Å². The average Bonchev–Trinajstić information content (AvgIpc) is 2.55. The Bertz CT molecular complexity index is 207. The van der Waals surface area contributed by atoms with E-state index in [1.807, 2.05) is 0 Å². The van der Waals surface area contributed by atoms with Crippen LogP contribution in [0.25, 0.3) is 0 Å². The van der Waals surface area contributed by atoms with Crippen molar-refractivity contribution in [3.05, 3.63) is 0 Å². The minimum absolute atomic E-state index is 0.366. The van der Waals surface area contributed by atoms with Gasteiger partial charge in [0.1, 0.15) is 0 Å². The first kappa shape index (κ1) is 12.4. The molecule has 0 bridgehead atoms. The molecule has 2 rings (SSSR count). The molecule has 16 heavy (non-hydrogen) atoms. The van der Waals surface area contributed by atoms with E-state index in [1.165, 1.54) is 64.5 Å². The fourth-order valence-corrected chi connectivity index (χ4v) is 3.66. The van der Waals surface area contributed by atoms with Gasteiger partial charge in [0.15, 0.2) is 0 Å². The predicted octanol–water partition coefficient (Wildman–Crippen LogP) is 2.77. The molecule has 0 radical (unpaired) electrons. The molecular formula is C14H28N2. The minimum Gasteiger partial charge on any atom is -0.329 e. The number of rotatable bonds is 2. The second-order valence-corrected chi connectivity index (χ2v) is 6.04. The third-order valence-electron chi connectivity index (χ3n) is 4.74. The highest BCUT2D eigenvalue weighted by Crippen LogP contribution is 2.34. The van der Waals surface area contributed by atoms with Crippen LogP contribution in [0.2, 0.25) is 0 Å². The van der Waals surface area contributed by atoms with Crippen LogP contribution in [0.4, 0.5) is 0 Å². The van der Waals surface area contributed by atoms with E-state index in [1.54, 1.807) is 0 Å². The highest BCUT2D eigenvalue weighted by Gasteiger charge is 2.37. The molecule has 94 valence electrons. The van der Waals surface area contributed by atoms with Crippen LogP contribution in [0.3, 0.4) is 0 Å². The van der Waals surface area contributed by atoms with E-state index in [2.05, 4.69) is 11.8 Å². The Kier molecular flexibility index (Phi) is 4.26. The van der Waals surface area contributed by atoms with E-state index < -0.39 is 0 Å². The van der Waals surface area contributed by atoms with Gasteiger partial charge in [-0.15, -0.1) is 0 Å². The van der Waals surface area contributed by atoms with Crippen molar-refractivity contribution in [2.75, 3.05) is 19.6 Å². The van der Waals surface area contributed by atoms with E-state index in [0.29, 0.717) is 5.54 Å². The average molecular weight is 224 g/mol. The number of piperidine rings is 1. The summed E-state index contributed by atoms with van der Waals surface area (Å²) in [6, 6.07) is 0. The fourth-order valence-electron chi connectivity index (χ4n) is 3.66. The Morgan fingerprint density at radius 3 is 2.38 bits per heavy atom. The summed E-state index contributed by atoms with van der Waals surface area (Å²) in [4.78, 5) is 2.74. The molecule has 0 aromatic rings. The molecule has 0 aromatic carbocycles. The molecule has 2 fully saturated rings. The molecule has 2 aliphatic rings. The zero-order valence-electron chi connectivity index (χ0n) is 10.9. The van der Waals surface area contributed by atoms with Gasteiger partial charge in [-0.2, -0.15) is 0 Å². The molecule has 0 spiro atoms. The normalized spacial score (nSPS) is 32.2. The highest BCUT2D eigenvalue weighted by atomic mass is 15.2. The summed E-state index contributed by atoms with van der Waals surface area (Å²) < 4.78 is 0. The molecule has 2 N–H and O–H groups in total. The molecule has 1 aliphatic heterocycles. The lowest BCUT2D eigenvalue weighted by Gasteiger charge is -2.46. The summed E-state index contributed by atoms with van der Waals surface area (Å²) in [5, 5.41) is 0. The topological polar surface area (TPSA) is 29.3 Å². The van der Waals surface area contributed by atoms with Gasteiger partial charge < -0.3 is 5.73 Å². The molecule has 1 aliphatic carbocycles. The van der Waals surface area contributed by atoms with Gasteiger partial charge in [0.05, 0.1) is 0 Å². The zero-order chi connectivity index (χ0) is 11.4. The summed E-state index contributed by atoms with van der Waals surface area (Å²) in [7, 11) is 0. The summed E-state index contributed by atoms with van der Waals surface area (Å²) in [6.07, 6.45) is 11.1. The maximum atomic E-state index is 6.14. The van der Waals surface area contributed by atoms with E-state index in [-0.39, 0.29) is 0 Å². The van der Waals surface area contributed by atoms with Gasteiger partial charge in [0, 0.05) is 18.6 Å². The molecule has 1 saturated carbocycles. The Morgan fingerprint density at radius 1 is 1.12 bits per heavy atom. The second kappa shape index (κ2) is 5.50. The quantitative estimate of drug-likeness (QED) is 0.731. The number of likely N-dealkylation sites (tertiary alicyclic amines) is 1. The number of nitrogens with zero attached hydrogens (tertiary/aromatic N) is 1. The van der Waals surface area contributed by atoms with Crippen molar-refractivity contribution in [1.82, 2.24) is 4.90 Å². The van der Waals surface area contributed by atoms with Crippen molar-refractivity contribution < 1.29 is 0 Å². The molecule has 1 unspecified atom stereocenters. The van der Waals surface area contributed by atoms with Crippen LogP contribution in [-0.4, -0.2) is 30.1 Å². The summed E-state index contributed by atoms with van der Waals surface area (Å²) in [5.74, 6) is 0.875. The van der Waals surface area contributed by atoms with Gasteiger partial charge in [-0.25, -0.2) is 0 Å². The maximum Gasteiger partial charge on any atom is 0.0331 e. The van der Waals surface area contributed by atoms with Crippen LogP contribution in [0, 0.1) is 5.92 Å². The second-order valence-electron chi connectivity index (χ2n) is 6.04. The van der Waals surface area contributed by atoms with Crippen LogP contribution in [0.1, 0.15) is 58.3 Å². The van der Waals surface area contributed by atoms with Gasteiger partial charge in [0.25, 0.3) is 0 Å². The fraction of sp³-hybridized carbons (Fsp3) is 1.00.